The van der Waals surface area contributed by atoms with E-state index in [9.17, 15) is 13.6 Å². The third-order valence-electron chi connectivity index (χ3n) is 4.90. The number of alkyl halides is 2. The molecule has 3 rings (SSSR count). The van der Waals surface area contributed by atoms with Gasteiger partial charge < -0.3 is 15.0 Å². The van der Waals surface area contributed by atoms with Crippen molar-refractivity contribution in [3.05, 3.63) is 29.8 Å². The molecule has 2 heterocycles. The number of amides is 1. The van der Waals surface area contributed by atoms with Gasteiger partial charge in [0.05, 0.1) is 6.42 Å². The van der Waals surface area contributed by atoms with E-state index in [-0.39, 0.29) is 18.1 Å². The van der Waals surface area contributed by atoms with Gasteiger partial charge >= 0.3 is 6.61 Å². The summed E-state index contributed by atoms with van der Waals surface area (Å²) >= 11 is 0. The summed E-state index contributed by atoms with van der Waals surface area (Å²) in [6.45, 7) is 0.700. The molecule has 4 nitrogen and oxygen atoms in total. The Morgan fingerprint density at radius 1 is 1.22 bits per heavy atom. The molecule has 0 spiro atoms. The van der Waals surface area contributed by atoms with Crippen LogP contribution in [-0.4, -0.2) is 43.6 Å². The van der Waals surface area contributed by atoms with Crippen LogP contribution >= 0.6 is 0 Å². The Morgan fingerprint density at radius 3 is 2.52 bits per heavy atom. The second-order valence-corrected chi connectivity index (χ2v) is 6.30. The molecule has 2 aliphatic heterocycles. The normalized spacial score (nSPS) is 24.4. The number of likely N-dealkylation sites (tertiary alicyclic amines) is 1. The molecule has 0 aromatic heterocycles. The molecule has 6 heteroatoms. The molecule has 2 fully saturated rings. The second-order valence-electron chi connectivity index (χ2n) is 6.30. The molecular formula is C17H22F2N2O2. The molecule has 0 unspecified atom stereocenters. The van der Waals surface area contributed by atoms with E-state index in [2.05, 4.69) is 10.1 Å². The Hall–Kier alpha value is -1.69. The summed E-state index contributed by atoms with van der Waals surface area (Å²) in [7, 11) is 0. The molecule has 126 valence electrons. The van der Waals surface area contributed by atoms with E-state index in [1.54, 1.807) is 18.2 Å². The van der Waals surface area contributed by atoms with E-state index >= 15 is 0 Å². The first-order valence-electron chi connectivity index (χ1n) is 8.14. The first-order chi connectivity index (χ1) is 11.1. The number of hydrogen-bond donors (Lipinski definition) is 1. The van der Waals surface area contributed by atoms with Crippen LogP contribution < -0.4 is 10.1 Å². The fraction of sp³-hybridized carbons (Fsp3) is 0.588. The molecule has 2 aliphatic rings. The summed E-state index contributed by atoms with van der Waals surface area (Å²) in [6, 6.07) is 6.52. The van der Waals surface area contributed by atoms with E-state index in [0.29, 0.717) is 17.4 Å². The van der Waals surface area contributed by atoms with Crippen LogP contribution in [0, 0.1) is 11.8 Å². The summed E-state index contributed by atoms with van der Waals surface area (Å²) < 4.78 is 29.4. The number of rotatable bonds is 4. The quantitative estimate of drug-likeness (QED) is 0.924. The van der Waals surface area contributed by atoms with E-state index in [1.807, 2.05) is 4.90 Å². The van der Waals surface area contributed by atoms with Crippen LogP contribution in [0.25, 0.3) is 0 Å². The van der Waals surface area contributed by atoms with E-state index in [4.69, 9.17) is 0 Å². The molecule has 23 heavy (non-hydrogen) atoms. The van der Waals surface area contributed by atoms with Crippen molar-refractivity contribution in [3.63, 3.8) is 0 Å². The monoisotopic (exact) mass is 324 g/mol. The van der Waals surface area contributed by atoms with Crippen molar-refractivity contribution in [2.45, 2.75) is 25.9 Å². The van der Waals surface area contributed by atoms with Crippen molar-refractivity contribution in [3.8, 4) is 5.75 Å². The number of nitrogens with zero attached hydrogens (tertiary/aromatic N) is 1. The van der Waals surface area contributed by atoms with Crippen molar-refractivity contribution in [1.82, 2.24) is 10.2 Å². The van der Waals surface area contributed by atoms with Gasteiger partial charge in [-0.15, -0.1) is 0 Å². The first-order valence-corrected chi connectivity index (χ1v) is 8.14. The zero-order valence-corrected chi connectivity index (χ0v) is 13.0. The largest absolute Gasteiger partial charge is 0.435 e. The lowest BCUT2D eigenvalue weighted by Crippen LogP contribution is -2.34. The molecule has 1 aromatic rings. The zero-order chi connectivity index (χ0) is 16.2. The van der Waals surface area contributed by atoms with Gasteiger partial charge in [-0.25, -0.2) is 0 Å². The summed E-state index contributed by atoms with van der Waals surface area (Å²) in [4.78, 5) is 14.4. The minimum absolute atomic E-state index is 0.0109. The van der Waals surface area contributed by atoms with Crippen molar-refractivity contribution in [2.24, 2.45) is 11.8 Å². The van der Waals surface area contributed by atoms with E-state index in [1.165, 1.54) is 6.07 Å². The maximum absolute atomic E-state index is 12.5. The third-order valence-corrected chi connectivity index (χ3v) is 4.90. The Kier molecular flexibility index (Phi) is 5.10. The Labute approximate surface area is 134 Å². The van der Waals surface area contributed by atoms with Crippen molar-refractivity contribution < 1.29 is 18.3 Å². The van der Waals surface area contributed by atoms with E-state index in [0.717, 1.165) is 39.0 Å². The number of halogens is 2. The van der Waals surface area contributed by atoms with Crippen molar-refractivity contribution >= 4 is 5.91 Å². The van der Waals surface area contributed by atoms with Gasteiger partial charge in [-0.3, -0.25) is 4.79 Å². The Bertz CT molecular complexity index is 539. The number of para-hydroxylation sites is 1. The van der Waals surface area contributed by atoms with Gasteiger partial charge in [0, 0.05) is 18.7 Å². The van der Waals surface area contributed by atoms with Gasteiger partial charge in [0.15, 0.2) is 0 Å². The second kappa shape index (κ2) is 7.25. The Balaban J connectivity index is 1.63. The number of hydrogen-bond acceptors (Lipinski definition) is 3. The highest BCUT2D eigenvalue weighted by atomic mass is 19.3. The van der Waals surface area contributed by atoms with Gasteiger partial charge in [0.1, 0.15) is 5.75 Å². The fourth-order valence-electron chi connectivity index (χ4n) is 3.60. The van der Waals surface area contributed by atoms with Crippen LogP contribution in [0.3, 0.4) is 0 Å². The number of carbonyl (C=O) groups is 1. The van der Waals surface area contributed by atoms with Gasteiger partial charge in [0.25, 0.3) is 0 Å². The highest BCUT2D eigenvalue weighted by molar-refractivity contribution is 5.79. The molecular weight excluding hydrogens is 302 g/mol. The van der Waals surface area contributed by atoms with Crippen molar-refractivity contribution in [2.75, 3.05) is 26.2 Å². The number of benzene rings is 1. The van der Waals surface area contributed by atoms with Gasteiger partial charge in [-0.05, 0) is 43.8 Å². The maximum atomic E-state index is 12.5. The highest BCUT2D eigenvalue weighted by Crippen LogP contribution is 2.28. The SMILES string of the molecule is O=C(Cc1ccccc1OC(F)F)N1CC[C@@H]2CNC[C@@H]2CC1. The molecule has 0 bridgehead atoms. The van der Waals surface area contributed by atoms with Crippen molar-refractivity contribution in [1.29, 1.82) is 0 Å². The average Bonchev–Trinajstić information content (AvgIpc) is 2.87. The van der Waals surface area contributed by atoms with Crippen LogP contribution in [0.1, 0.15) is 18.4 Å². The summed E-state index contributed by atoms with van der Waals surface area (Å²) in [5.74, 6) is 1.39. The van der Waals surface area contributed by atoms with E-state index < -0.39 is 6.61 Å². The van der Waals surface area contributed by atoms with Crippen LogP contribution in [0.2, 0.25) is 0 Å². The number of fused-ring (bicyclic) bond motifs is 1. The van der Waals surface area contributed by atoms with Gasteiger partial charge in [-0.1, -0.05) is 18.2 Å². The number of nitrogens with one attached hydrogen (secondary N) is 1. The molecule has 1 aromatic carbocycles. The average molecular weight is 324 g/mol. The van der Waals surface area contributed by atoms with Crippen LogP contribution in [0.5, 0.6) is 5.75 Å². The van der Waals surface area contributed by atoms with Gasteiger partial charge in [0.2, 0.25) is 5.91 Å². The lowest BCUT2D eigenvalue weighted by Gasteiger charge is -2.21. The predicted octanol–water partition coefficient (Wildman–Crippen LogP) is 2.29. The van der Waals surface area contributed by atoms with Crippen LogP contribution in [0.4, 0.5) is 8.78 Å². The molecule has 2 atom stereocenters. The fourth-order valence-corrected chi connectivity index (χ4v) is 3.60. The molecule has 2 saturated heterocycles. The number of ether oxygens (including phenoxy) is 1. The van der Waals surface area contributed by atoms with Crippen LogP contribution in [0.15, 0.2) is 24.3 Å². The summed E-state index contributed by atoms with van der Waals surface area (Å²) in [5.41, 5.74) is 0.518. The minimum Gasteiger partial charge on any atom is -0.435 e. The summed E-state index contributed by atoms with van der Waals surface area (Å²) in [5, 5.41) is 3.41. The molecule has 1 amide bonds. The molecule has 0 radical (unpaired) electrons. The number of carbonyl (C=O) groups excluding carboxylic acids is 1. The molecule has 0 saturated carbocycles. The molecule has 0 aliphatic carbocycles. The van der Waals surface area contributed by atoms with Gasteiger partial charge in [-0.2, -0.15) is 8.78 Å². The topological polar surface area (TPSA) is 41.6 Å². The lowest BCUT2D eigenvalue weighted by atomic mass is 9.92. The predicted molar refractivity (Wildman–Crippen MR) is 82.4 cm³/mol. The molecule has 1 N–H and O–H groups in total. The van der Waals surface area contributed by atoms with Crippen LogP contribution in [-0.2, 0) is 11.2 Å². The zero-order valence-electron chi connectivity index (χ0n) is 13.0. The highest BCUT2D eigenvalue weighted by Gasteiger charge is 2.31. The first kappa shape index (κ1) is 16.2. The third kappa shape index (κ3) is 3.99. The Morgan fingerprint density at radius 2 is 1.87 bits per heavy atom. The summed E-state index contributed by atoms with van der Waals surface area (Å²) in [6.07, 6.45) is 2.13. The maximum Gasteiger partial charge on any atom is 0.387 e. The smallest absolute Gasteiger partial charge is 0.387 e. The lowest BCUT2D eigenvalue weighted by molar-refractivity contribution is -0.130. The minimum atomic E-state index is -2.88. The standard InChI is InChI=1S/C17H22F2N2O2/c18-17(19)23-15-4-2-1-3-12(15)9-16(22)21-7-5-13-10-20-11-14(13)6-8-21/h1-4,13-14,17,20H,5-11H2/t13-,14+.